The van der Waals surface area contributed by atoms with Gasteiger partial charge in [0.1, 0.15) is 0 Å². The molecule has 0 radical (unpaired) electrons. The number of ether oxygens (including phenoxy) is 1. The Labute approximate surface area is 159 Å². The summed E-state index contributed by atoms with van der Waals surface area (Å²) in [4.78, 5) is 16.3. The molecular formula is C19H23N3O4S. The molecule has 27 heavy (non-hydrogen) atoms. The van der Waals surface area contributed by atoms with Crippen molar-refractivity contribution >= 4 is 15.9 Å². The van der Waals surface area contributed by atoms with E-state index >= 15 is 0 Å². The van der Waals surface area contributed by atoms with E-state index < -0.39 is 10.0 Å². The molecule has 1 saturated heterocycles. The molecule has 2 aromatic rings. The maximum absolute atomic E-state index is 12.5. The number of sulfonamides is 1. The van der Waals surface area contributed by atoms with Crippen molar-refractivity contribution in [3.63, 3.8) is 0 Å². The minimum atomic E-state index is -3.72. The molecule has 1 aliphatic rings. The molecule has 1 fully saturated rings. The summed E-state index contributed by atoms with van der Waals surface area (Å²) in [5, 5.41) is 2.86. The fourth-order valence-electron chi connectivity index (χ4n) is 2.87. The van der Waals surface area contributed by atoms with E-state index in [2.05, 4.69) is 15.0 Å². The lowest BCUT2D eigenvalue weighted by molar-refractivity contribution is 0.0536. The van der Waals surface area contributed by atoms with Crippen molar-refractivity contribution in [1.29, 1.82) is 0 Å². The third-order valence-corrected chi connectivity index (χ3v) is 5.83. The second kappa shape index (κ2) is 9.07. The summed E-state index contributed by atoms with van der Waals surface area (Å²) in [6.45, 7) is 2.10. The average molecular weight is 389 g/mol. The van der Waals surface area contributed by atoms with Crippen molar-refractivity contribution in [2.45, 2.75) is 24.3 Å². The van der Waals surface area contributed by atoms with Crippen LogP contribution in [0.3, 0.4) is 0 Å². The van der Waals surface area contributed by atoms with Crippen LogP contribution in [0.2, 0.25) is 0 Å². The molecule has 2 N–H and O–H groups in total. The highest BCUT2D eigenvalue weighted by Crippen LogP contribution is 2.14. The number of rotatable bonds is 7. The molecule has 144 valence electrons. The number of benzene rings is 1. The Kier molecular flexibility index (Phi) is 6.54. The summed E-state index contributed by atoms with van der Waals surface area (Å²) >= 11 is 0. The lowest BCUT2D eigenvalue weighted by atomic mass is 10.0. The molecule has 0 aliphatic carbocycles. The maximum Gasteiger partial charge on any atom is 0.251 e. The number of amides is 1. The van der Waals surface area contributed by atoms with Crippen LogP contribution in [0.25, 0.3) is 0 Å². The van der Waals surface area contributed by atoms with E-state index in [0.717, 1.165) is 25.0 Å². The van der Waals surface area contributed by atoms with Crippen LogP contribution in [0.4, 0.5) is 0 Å². The number of nitrogens with zero attached hydrogens (tertiary/aromatic N) is 1. The number of hydrogen-bond donors (Lipinski definition) is 2. The molecule has 0 bridgehead atoms. The predicted octanol–water partition coefficient (Wildman–Crippen LogP) is 1.72. The predicted molar refractivity (Wildman–Crippen MR) is 101 cm³/mol. The Morgan fingerprint density at radius 2 is 2.04 bits per heavy atom. The van der Waals surface area contributed by atoms with Gasteiger partial charge in [0.2, 0.25) is 10.0 Å². The first kappa shape index (κ1) is 19.5. The molecule has 1 aromatic carbocycles. The van der Waals surface area contributed by atoms with Gasteiger partial charge in [0.15, 0.2) is 0 Å². The molecule has 3 rings (SSSR count). The summed E-state index contributed by atoms with van der Waals surface area (Å²) in [7, 11) is -3.72. The summed E-state index contributed by atoms with van der Waals surface area (Å²) < 4.78 is 33.0. The van der Waals surface area contributed by atoms with Gasteiger partial charge < -0.3 is 10.1 Å². The van der Waals surface area contributed by atoms with Gasteiger partial charge in [-0.2, -0.15) is 0 Å². The van der Waals surface area contributed by atoms with E-state index in [1.807, 2.05) is 0 Å². The van der Waals surface area contributed by atoms with Gasteiger partial charge in [-0.3, -0.25) is 9.78 Å². The standard InChI is InChI=1S/C19H23N3O4S/c23-19(21-12-16-3-2-10-26-14-16)17-4-1-5-18(11-17)27(24,25)22-13-15-6-8-20-9-7-15/h1,4-9,11,16,22H,2-3,10,12-14H2,(H,21,23)/t16-/m0/s1. The second-order valence-corrected chi connectivity index (χ2v) is 8.27. The number of nitrogens with one attached hydrogen (secondary N) is 2. The van der Waals surface area contributed by atoms with Crippen LogP contribution in [-0.4, -0.2) is 39.1 Å². The van der Waals surface area contributed by atoms with Crippen LogP contribution in [0.1, 0.15) is 28.8 Å². The summed E-state index contributed by atoms with van der Waals surface area (Å²) in [6.07, 6.45) is 5.23. The molecule has 8 heteroatoms. The quantitative estimate of drug-likeness (QED) is 0.751. The number of hydrogen-bond acceptors (Lipinski definition) is 5. The van der Waals surface area contributed by atoms with Crippen molar-refractivity contribution in [2.75, 3.05) is 19.8 Å². The Bertz CT molecular complexity index is 866. The van der Waals surface area contributed by atoms with E-state index in [1.165, 1.54) is 12.1 Å². The van der Waals surface area contributed by atoms with Crippen LogP contribution in [-0.2, 0) is 21.3 Å². The van der Waals surface area contributed by atoms with Crippen LogP contribution in [0.5, 0.6) is 0 Å². The van der Waals surface area contributed by atoms with Crippen LogP contribution < -0.4 is 10.0 Å². The minimum absolute atomic E-state index is 0.0604. The Balaban J connectivity index is 1.62. The average Bonchev–Trinajstić information content (AvgIpc) is 2.72. The highest BCUT2D eigenvalue weighted by molar-refractivity contribution is 7.89. The Morgan fingerprint density at radius 3 is 2.78 bits per heavy atom. The monoisotopic (exact) mass is 389 g/mol. The van der Waals surface area contributed by atoms with Gasteiger partial charge in [0.25, 0.3) is 5.91 Å². The highest BCUT2D eigenvalue weighted by Gasteiger charge is 2.18. The topological polar surface area (TPSA) is 97.4 Å². The Morgan fingerprint density at radius 1 is 1.22 bits per heavy atom. The summed E-state index contributed by atoms with van der Waals surface area (Å²) in [5.41, 5.74) is 1.12. The van der Waals surface area contributed by atoms with Gasteiger partial charge in [-0.05, 0) is 54.7 Å². The zero-order valence-corrected chi connectivity index (χ0v) is 15.7. The van der Waals surface area contributed by atoms with Crippen LogP contribution in [0.15, 0.2) is 53.7 Å². The van der Waals surface area contributed by atoms with E-state index in [1.54, 1.807) is 36.7 Å². The molecule has 1 amide bonds. The number of pyridine rings is 1. The lowest BCUT2D eigenvalue weighted by Crippen LogP contribution is -2.33. The second-order valence-electron chi connectivity index (χ2n) is 6.50. The third kappa shape index (κ3) is 5.59. The molecule has 1 aromatic heterocycles. The number of carbonyl (C=O) groups excluding carboxylic acids is 1. The van der Waals surface area contributed by atoms with Gasteiger partial charge >= 0.3 is 0 Å². The van der Waals surface area contributed by atoms with Gasteiger partial charge in [0.05, 0.1) is 11.5 Å². The first-order chi connectivity index (χ1) is 13.0. The van der Waals surface area contributed by atoms with Crippen molar-refractivity contribution < 1.29 is 17.9 Å². The van der Waals surface area contributed by atoms with E-state index in [-0.39, 0.29) is 17.3 Å². The zero-order valence-electron chi connectivity index (χ0n) is 14.9. The van der Waals surface area contributed by atoms with E-state index in [0.29, 0.717) is 24.6 Å². The van der Waals surface area contributed by atoms with Gasteiger partial charge in [-0.1, -0.05) is 6.07 Å². The van der Waals surface area contributed by atoms with Gasteiger partial charge in [0, 0.05) is 37.7 Å². The summed E-state index contributed by atoms with van der Waals surface area (Å²) in [6, 6.07) is 9.51. The zero-order chi connectivity index (χ0) is 19.1. The fourth-order valence-corrected chi connectivity index (χ4v) is 3.94. The van der Waals surface area contributed by atoms with Gasteiger partial charge in [-0.25, -0.2) is 13.1 Å². The van der Waals surface area contributed by atoms with Crippen LogP contribution in [0, 0.1) is 5.92 Å². The number of carbonyl (C=O) groups is 1. The van der Waals surface area contributed by atoms with Crippen LogP contribution >= 0.6 is 0 Å². The van der Waals surface area contributed by atoms with E-state index in [9.17, 15) is 13.2 Å². The molecule has 0 saturated carbocycles. The molecule has 2 heterocycles. The molecule has 0 spiro atoms. The largest absolute Gasteiger partial charge is 0.381 e. The highest BCUT2D eigenvalue weighted by atomic mass is 32.2. The molecule has 1 aliphatic heterocycles. The van der Waals surface area contributed by atoms with Gasteiger partial charge in [-0.15, -0.1) is 0 Å². The van der Waals surface area contributed by atoms with Crippen molar-refractivity contribution in [2.24, 2.45) is 5.92 Å². The first-order valence-electron chi connectivity index (χ1n) is 8.89. The third-order valence-electron chi connectivity index (χ3n) is 4.43. The van der Waals surface area contributed by atoms with E-state index in [4.69, 9.17) is 4.74 Å². The smallest absolute Gasteiger partial charge is 0.251 e. The molecular weight excluding hydrogens is 366 g/mol. The minimum Gasteiger partial charge on any atom is -0.381 e. The molecule has 1 atom stereocenters. The van der Waals surface area contributed by atoms with Crippen molar-refractivity contribution in [3.8, 4) is 0 Å². The Hall–Kier alpha value is -2.29. The first-order valence-corrected chi connectivity index (χ1v) is 10.4. The molecule has 7 nitrogen and oxygen atoms in total. The fraction of sp³-hybridized carbons (Fsp3) is 0.368. The SMILES string of the molecule is O=C(NC[C@@H]1CCCOC1)c1cccc(S(=O)(=O)NCc2ccncc2)c1. The summed E-state index contributed by atoms with van der Waals surface area (Å²) in [5.74, 6) is 0.0170. The van der Waals surface area contributed by atoms with Crippen molar-refractivity contribution in [1.82, 2.24) is 15.0 Å². The lowest BCUT2D eigenvalue weighted by Gasteiger charge is -2.22. The normalized spacial score (nSPS) is 17.4. The maximum atomic E-state index is 12.5. The van der Waals surface area contributed by atoms with Crippen molar-refractivity contribution in [3.05, 3.63) is 59.9 Å². The molecule has 0 unspecified atom stereocenters. The number of aromatic nitrogens is 1.